The second kappa shape index (κ2) is 6.64. The zero-order chi connectivity index (χ0) is 14.7. The van der Waals surface area contributed by atoms with Gasteiger partial charge in [-0.2, -0.15) is 0 Å². The van der Waals surface area contributed by atoms with Crippen LogP contribution in [0, 0.1) is 0 Å². The lowest BCUT2D eigenvalue weighted by Crippen LogP contribution is -2.59. The van der Waals surface area contributed by atoms with Crippen LogP contribution in [0.5, 0.6) is 0 Å². The average molecular weight is 290 g/mol. The summed E-state index contributed by atoms with van der Waals surface area (Å²) in [5.74, 6) is 0.781. The van der Waals surface area contributed by atoms with Crippen LogP contribution < -0.4 is 0 Å². The fourth-order valence-electron chi connectivity index (χ4n) is 1.95. The molecule has 8 nitrogen and oxygen atoms in total. The van der Waals surface area contributed by atoms with Crippen LogP contribution >= 0.6 is 0 Å². The van der Waals surface area contributed by atoms with E-state index in [2.05, 4.69) is 0 Å². The van der Waals surface area contributed by atoms with Gasteiger partial charge in [-0.15, -0.1) is 0 Å². The molecule has 0 unspecified atom stereocenters. The average Bonchev–Trinajstić information content (AvgIpc) is 2.92. The summed E-state index contributed by atoms with van der Waals surface area (Å²) in [5, 5.41) is 46.8. The van der Waals surface area contributed by atoms with Crippen LogP contribution in [-0.4, -0.2) is 62.8 Å². The van der Waals surface area contributed by atoms with Crippen molar-refractivity contribution in [3.8, 4) is 0 Å². The number of furan rings is 1. The van der Waals surface area contributed by atoms with E-state index in [1.807, 2.05) is 0 Å². The van der Waals surface area contributed by atoms with E-state index < -0.39 is 37.3 Å². The van der Waals surface area contributed by atoms with E-state index in [9.17, 15) is 15.3 Å². The summed E-state index contributed by atoms with van der Waals surface area (Å²) in [5.41, 5.74) is 0. The molecule has 2 rings (SSSR count). The van der Waals surface area contributed by atoms with E-state index in [1.54, 1.807) is 12.1 Å². The SMILES string of the molecule is OCc1ccc(CO[C@@H]2O[C@H](CO)[C@@H](O)[C@H](O)[C@H]2O)o1. The number of rotatable bonds is 5. The van der Waals surface area contributed by atoms with Gasteiger partial charge in [0.15, 0.2) is 6.29 Å². The zero-order valence-corrected chi connectivity index (χ0v) is 10.6. The molecule has 1 aliphatic heterocycles. The minimum atomic E-state index is -1.48. The second-order valence-corrected chi connectivity index (χ2v) is 4.53. The van der Waals surface area contributed by atoms with E-state index in [-0.39, 0.29) is 13.2 Å². The van der Waals surface area contributed by atoms with Gasteiger partial charge in [0.2, 0.25) is 0 Å². The molecule has 1 aromatic heterocycles. The first-order chi connectivity index (χ1) is 9.56. The minimum Gasteiger partial charge on any atom is -0.461 e. The van der Waals surface area contributed by atoms with E-state index in [0.29, 0.717) is 11.5 Å². The highest BCUT2D eigenvalue weighted by Crippen LogP contribution is 2.23. The summed E-state index contributed by atoms with van der Waals surface area (Å²) >= 11 is 0. The number of aliphatic hydroxyl groups is 5. The highest BCUT2D eigenvalue weighted by molar-refractivity contribution is 5.05. The van der Waals surface area contributed by atoms with Crippen molar-refractivity contribution in [1.82, 2.24) is 0 Å². The topological polar surface area (TPSA) is 133 Å². The molecule has 0 bridgehead atoms. The summed E-state index contributed by atoms with van der Waals surface area (Å²) < 4.78 is 15.6. The lowest BCUT2D eigenvalue weighted by Gasteiger charge is -2.39. The third-order valence-electron chi connectivity index (χ3n) is 3.11. The Balaban J connectivity index is 1.94. The van der Waals surface area contributed by atoms with Crippen molar-refractivity contribution in [3.63, 3.8) is 0 Å². The third-order valence-corrected chi connectivity index (χ3v) is 3.11. The van der Waals surface area contributed by atoms with Crippen LogP contribution in [0.15, 0.2) is 16.5 Å². The van der Waals surface area contributed by atoms with Crippen molar-refractivity contribution in [2.45, 2.75) is 43.9 Å². The summed E-state index contributed by atoms with van der Waals surface area (Å²) in [6, 6.07) is 3.17. The van der Waals surface area contributed by atoms with Crippen LogP contribution in [0.25, 0.3) is 0 Å². The Labute approximate surface area is 114 Å². The van der Waals surface area contributed by atoms with Gasteiger partial charge in [0.25, 0.3) is 0 Å². The summed E-state index contributed by atoms with van der Waals surface area (Å²) in [6.07, 6.45) is -6.55. The molecule has 8 heteroatoms. The van der Waals surface area contributed by atoms with Gasteiger partial charge < -0.3 is 39.4 Å². The van der Waals surface area contributed by atoms with Crippen LogP contribution in [0.2, 0.25) is 0 Å². The molecular weight excluding hydrogens is 272 g/mol. The van der Waals surface area contributed by atoms with Gasteiger partial charge in [0.1, 0.15) is 49.2 Å². The number of ether oxygens (including phenoxy) is 2. The van der Waals surface area contributed by atoms with Crippen LogP contribution in [0.4, 0.5) is 0 Å². The molecule has 0 aliphatic carbocycles. The van der Waals surface area contributed by atoms with Crippen molar-refractivity contribution < 1.29 is 39.4 Å². The van der Waals surface area contributed by atoms with Crippen molar-refractivity contribution in [2.24, 2.45) is 0 Å². The van der Waals surface area contributed by atoms with E-state index >= 15 is 0 Å². The Morgan fingerprint density at radius 1 is 1.00 bits per heavy atom. The summed E-state index contributed by atoms with van der Waals surface area (Å²) in [7, 11) is 0. The number of hydrogen-bond acceptors (Lipinski definition) is 8. The normalized spacial score (nSPS) is 34.4. The van der Waals surface area contributed by atoms with Crippen LogP contribution in [-0.2, 0) is 22.7 Å². The molecule has 0 amide bonds. The fraction of sp³-hybridized carbons (Fsp3) is 0.667. The molecular formula is C12H18O8. The van der Waals surface area contributed by atoms with Crippen molar-refractivity contribution in [1.29, 1.82) is 0 Å². The quantitative estimate of drug-likeness (QED) is 0.424. The van der Waals surface area contributed by atoms with Gasteiger partial charge in [-0.25, -0.2) is 0 Å². The second-order valence-electron chi connectivity index (χ2n) is 4.53. The van der Waals surface area contributed by atoms with Gasteiger partial charge in [-0.1, -0.05) is 0 Å². The first kappa shape index (κ1) is 15.4. The highest BCUT2D eigenvalue weighted by atomic mass is 16.7. The Bertz CT molecular complexity index is 417. The van der Waals surface area contributed by atoms with E-state index in [1.165, 1.54) is 0 Å². The molecule has 5 atom stereocenters. The van der Waals surface area contributed by atoms with Gasteiger partial charge in [0.05, 0.1) is 6.61 Å². The smallest absolute Gasteiger partial charge is 0.187 e. The van der Waals surface area contributed by atoms with Crippen LogP contribution in [0.3, 0.4) is 0 Å². The molecule has 20 heavy (non-hydrogen) atoms. The maximum absolute atomic E-state index is 9.74. The zero-order valence-electron chi connectivity index (χ0n) is 10.6. The van der Waals surface area contributed by atoms with Gasteiger partial charge in [-0.05, 0) is 12.1 Å². The molecule has 2 heterocycles. The Morgan fingerprint density at radius 3 is 2.30 bits per heavy atom. The predicted molar refractivity (Wildman–Crippen MR) is 63.2 cm³/mol. The Kier molecular flexibility index (Phi) is 5.11. The lowest BCUT2D eigenvalue weighted by atomic mass is 9.99. The molecule has 0 aromatic carbocycles. The molecule has 0 saturated carbocycles. The number of hydrogen-bond donors (Lipinski definition) is 5. The maximum Gasteiger partial charge on any atom is 0.187 e. The molecule has 1 aliphatic rings. The lowest BCUT2D eigenvalue weighted by molar-refractivity contribution is -0.304. The fourth-order valence-corrected chi connectivity index (χ4v) is 1.95. The number of aliphatic hydroxyl groups excluding tert-OH is 5. The van der Waals surface area contributed by atoms with Gasteiger partial charge in [-0.3, -0.25) is 0 Å². The summed E-state index contributed by atoms with van der Waals surface area (Å²) in [4.78, 5) is 0. The molecule has 5 N–H and O–H groups in total. The molecule has 0 spiro atoms. The van der Waals surface area contributed by atoms with Crippen LogP contribution in [0.1, 0.15) is 11.5 Å². The standard InChI is InChI=1S/C12H18O8/c13-3-6-1-2-7(19-6)5-18-12-11(17)10(16)9(15)8(4-14)20-12/h1-2,8-17H,3-5H2/t8-,9-,10+,11-,12-/m1/s1. The third kappa shape index (κ3) is 3.18. The predicted octanol–water partition coefficient (Wildman–Crippen LogP) is -1.91. The summed E-state index contributed by atoms with van der Waals surface area (Å²) in [6.45, 7) is -0.803. The largest absolute Gasteiger partial charge is 0.461 e. The molecule has 114 valence electrons. The highest BCUT2D eigenvalue weighted by Gasteiger charge is 2.44. The molecule has 1 saturated heterocycles. The van der Waals surface area contributed by atoms with E-state index in [0.717, 1.165) is 0 Å². The maximum atomic E-state index is 9.74. The molecule has 1 aromatic rings. The van der Waals surface area contributed by atoms with Crippen molar-refractivity contribution in [2.75, 3.05) is 6.61 Å². The van der Waals surface area contributed by atoms with Gasteiger partial charge >= 0.3 is 0 Å². The molecule has 0 radical (unpaired) electrons. The van der Waals surface area contributed by atoms with Gasteiger partial charge in [0, 0.05) is 0 Å². The minimum absolute atomic E-state index is 0.0529. The first-order valence-corrected chi connectivity index (χ1v) is 6.17. The van der Waals surface area contributed by atoms with Crippen molar-refractivity contribution >= 4 is 0 Å². The first-order valence-electron chi connectivity index (χ1n) is 6.17. The Hall–Kier alpha value is -1.00. The monoisotopic (exact) mass is 290 g/mol. The van der Waals surface area contributed by atoms with Crippen molar-refractivity contribution in [3.05, 3.63) is 23.7 Å². The van der Waals surface area contributed by atoms with E-state index in [4.69, 9.17) is 24.1 Å². The molecule has 1 fully saturated rings. The Morgan fingerprint density at radius 2 is 1.70 bits per heavy atom.